The van der Waals surface area contributed by atoms with Crippen LogP contribution in [0.2, 0.25) is 0 Å². The van der Waals surface area contributed by atoms with Crippen molar-refractivity contribution >= 4 is 15.9 Å². The first-order valence-electron chi connectivity index (χ1n) is 9.17. The minimum Gasteiger partial charge on any atom is -0.360 e. The first kappa shape index (κ1) is 19.3. The minimum atomic E-state index is -3.75. The molecule has 0 radical (unpaired) electrons. The quantitative estimate of drug-likeness (QED) is 0.627. The van der Waals surface area contributed by atoms with Crippen LogP contribution in [-0.2, 0) is 29.5 Å². The fraction of sp³-hybridized carbons (Fsp3) is 0.316. The molecule has 1 aliphatic heterocycles. The van der Waals surface area contributed by atoms with Crippen LogP contribution in [0, 0.1) is 13.8 Å². The average Bonchev–Trinajstić information content (AvgIpc) is 3.33. The van der Waals surface area contributed by atoms with Gasteiger partial charge in [-0.15, -0.1) is 0 Å². The van der Waals surface area contributed by atoms with Crippen molar-refractivity contribution in [1.82, 2.24) is 25.0 Å². The van der Waals surface area contributed by atoms with Gasteiger partial charge in [0.1, 0.15) is 16.3 Å². The smallest absolute Gasteiger partial charge is 0.272 e. The zero-order valence-corrected chi connectivity index (χ0v) is 16.9. The number of aryl methyl sites for hydroxylation is 2. The van der Waals surface area contributed by atoms with Gasteiger partial charge in [-0.25, -0.2) is 13.1 Å². The fourth-order valence-electron chi connectivity index (χ4n) is 3.50. The molecule has 29 heavy (non-hydrogen) atoms. The third-order valence-corrected chi connectivity index (χ3v) is 6.56. The monoisotopic (exact) mass is 415 g/mol. The second kappa shape index (κ2) is 7.45. The molecule has 0 bridgehead atoms. The van der Waals surface area contributed by atoms with Crippen LogP contribution < -0.4 is 10.0 Å². The molecule has 4 rings (SSSR count). The van der Waals surface area contributed by atoms with Gasteiger partial charge in [0, 0.05) is 24.7 Å². The molecular formula is C19H21N5O4S. The van der Waals surface area contributed by atoms with Crippen molar-refractivity contribution in [1.29, 1.82) is 0 Å². The number of fused-ring (bicyclic) bond motifs is 1. The lowest BCUT2D eigenvalue weighted by Gasteiger charge is -2.12. The van der Waals surface area contributed by atoms with Gasteiger partial charge in [0.15, 0.2) is 5.76 Å². The minimum absolute atomic E-state index is 0.0722. The van der Waals surface area contributed by atoms with Gasteiger partial charge in [0.05, 0.1) is 6.54 Å². The summed E-state index contributed by atoms with van der Waals surface area (Å²) in [4.78, 5) is 12.4. The average molecular weight is 415 g/mol. The number of carbonyl (C=O) groups excluding carboxylic acids is 1. The van der Waals surface area contributed by atoms with Crippen LogP contribution in [0.25, 0.3) is 0 Å². The Morgan fingerprint density at radius 2 is 2.03 bits per heavy atom. The lowest BCUT2D eigenvalue weighted by atomic mass is 10.2. The lowest BCUT2D eigenvalue weighted by Crippen LogP contribution is -2.36. The summed E-state index contributed by atoms with van der Waals surface area (Å²) in [5.74, 6) is -0.00767. The van der Waals surface area contributed by atoms with Gasteiger partial charge >= 0.3 is 0 Å². The van der Waals surface area contributed by atoms with Crippen molar-refractivity contribution in [2.45, 2.75) is 44.3 Å². The number of nitrogens with one attached hydrogen (secondary N) is 2. The highest BCUT2D eigenvalue weighted by molar-refractivity contribution is 7.89. The van der Waals surface area contributed by atoms with Crippen molar-refractivity contribution < 1.29 is 17.7 Å². The second-order valence-corrected chi connectivity index (χ2v) is 8.70. The molecule has 9 nitrogen and oxygen atoms in total. The predicted octanol–water partition coefficient (Wildman–Crippen LogP) is 1.32. The number of carbonyl (C=O) groups is 1. The molecular weight excluding hydrogens is 394 g/mol. The van der Waals surface area contributed by atoms with Crippen molar-refractivity contribution in [3.05, 3.63) is 64.8 Å². The van der Waals surface area contributed by atoms with E-state index in [0.29, 0.717) is 30.9 Å². The Bertz CT molecular complexity index is 1110. The van der Waals surface area contributed by atoms with E-state index in [1.807, 2.05) is 30.3 Å². The van der Waals surface area contributed by atoms with E-state index in [-0.39, 0.29) is 22.6 Å². The van der Waals surface area contributed by atoms with Gasteiger partial charge in [-0.05, 0) is 25.5 Å². The van der Waals surface area contributed by atoms with Gasteiger partial charge in [-0.3, -0.25) is 9.48 Å². The highest BCUT2D eigenvalue weighted by Gasteiger charge is 2.31. The van der Waals surface area contributed by atoms with Gasteiger partial charge in [-0.1, -0.05) is 35.5 Å². The summed E-state index contributed by atoms with van der Waals surface area (Å²) in [6.07, 6.45) is 0.446. The van der Waals surface area contributed by atoms with E-state index in [2.05, 4.69) is 20.3 Å². The molecule has 0 aliphatic carbocycles. The summed E-state index contributed by atoms with van der Waals surface area (Å²) in [6, 6.07) is 11.0. The molecule has 1 aliphatic rings. The molecule has 1 amide bonds. The molecule has 2 aromatic heterocycles. The summed E-state index contributed by atoms with van der Waals surface area (Å²) < 4.78 is 34.6. The number of rotatable bonds is 6. The summed E-state index contributed by atoms with van der Waals surface area (Å²) >= 11 is 0. The first-order valence-corrected chi connectivity index (χ1v) is 10.7. The maximum Gasteiger partial charge on any atom is 0.272 e. The standard InChI is InChI=1S/C19H21N5O4S/c1-12-18(13(2)28-22-12)29(26,27)23-15-8-16-9-17(21-24(16)11-15)19(25)20-10-14-6-4-3-5-7-14/h3-7,9,15,23H,8,10-11H2,1-2H3,(H,20,25)/t15-/m0/s1. The van der Waals surface area contributed by atoms with Crippen molar-refractivity contribution in [3.8, 4) is 0 Å². The number of benzene rings is 1. The third kappa shape index (κ3) is 3.94. The fourth-order valence-corrected chi connectivity index (χ4v) is 5.06. The molecule has 3 aromatic rings. The summed E-state index contributed by atoms with van der Waals surface area (Å²) in [5.41, 5.74) is 2.45. The summed E-state index contributed by atoms with van der Waals surface area (Å²) in [7, 11) is -3.75. The van der Waals surface area contributed by atoms with Crippen LogP contribution in [0.5, 0.6) is 0 Å². The van der Waals surface area contributed by atoms with Crippen LogP contribution in [0.3, 0.4) is 0 Å². The lowest BCUT2D eigenvalue weighted by molar-refractivity contribution is 0.0945. The van der Waals surface area contributed by atoms with Gasteiger partial charge in [-0.2, -0.15) is 5.10 Å². The van der Waals surface area contributed by atoms with Crippen molar-refractivity contribution in [2.75, 3.05) is 0 Å². The third-order valence-electron chi connectivity index (χ3n) is 4.80. The maximum absolute atomic E-state index is 12.7. The summed E-state index contributed by atoms with van der Waals surface area (Å²) in [5, 5.41) is 10.9. The molecule has 2 N–H and O–H groups in total. The van der Waals surface area contributed by atoms with Crippen LogP contribution in [-0.4, -0.2) is 35.3 Å². The number of nitrogens with zero attached hydrogens (tertiary/aromatic N) is 3. The Morgan fingerprint density at radius 3 is 2.69 bits per heavy atom. The predicted molar refractivity (Wildman–Crippen MR) is 104 cm³/mol. The SMILES string of the molecule is Cc1noc(C)c1S(=O)(=O)N[C@H]1Cc2cc(C(=O)NCc3ccccc3)nn2C1. The van der Waals surface area contributed by atoms with E-state index in [0.717, 1.165) is 11.3 Å². The van der Waals surface area contributed by atoms with Crippen molar-refractivity contribution in [2.24, 2.45) is 0 Å². The van der Waals surface area contributed by atoms with Crippen LogP contribution >= 0.6 is 0 Å². The normalized spacial score (nSPS) is 16.0. The van der Waals surface area contributed by atoms with E-state index < -0.39 is 10.0 Å². The summed E-state index contributed by atoms with van der Waals surface area (Å²) in [6.45, 7) is 3.92. The molecule has 10 heteroatoms. The molecule has 0 fully saturated rings. The Balaban J connectivity index is 1.39. The van der Waals surface area contributed by atoms with Crippen LogP contribution in [0.1, 0.15) is 33.2 Å². The molecule has 1 aromatic carbocycles. The molecule has 152 valence electrons. The highest BCUT2D eigenvalue weighted by atomic mass is 32.2. The van der Waals surface area contributed by atoms with Gasteiger partial charge in [0.25, 0.3) is 5.91 Å². The number of amides is 1. The van der Waals surface area contributed by atoms with E-state index in [1.54, 1.807) is 24.6 Å². The van der Waals surface area contributed by atoms with E-state index >= 15 is 0 Å². The zero-order valence-electron chi connectivity index (χ0n) is 16.0. The van der Waals surface area contributed by atoms with E-state index in [9.17, 15) is 13.2 Å². The van der Waals surface area contributed by atoms with Gasteiger partial charge < -0.3 is 9.84 Å². The number of aromatic nitrogens is 3. The van der Waals surface area contributed by atoms with E-state index in [1.165, 1.54) is 0 Å². The molecule has 1 atom stereocenters. The molecule has 0 spiro atoms. The molecule has 0 saturated heterocycles. The van der Waals surface area contributed by atoms with E-state index in [4.69, 9.17) is 4.52 Å². The first-order chi connectivity index (χ1) is 13.8. The Kier molecular flexibility index (Phi) is 4.97. The largest absolute Gasteiger partial charge is 0.360 e. The zero-order chi connectivity index (χ0) is 20.6. The Labute approximate surface area is 168 Å². The number of hydrogen-bond donors (Lipinski definition) is 2. The molecule has 0 unspecified atom stereocenters. The Hall–Kier alpha value is -2.98. The topological polar surface area (TPSA) is 119 Å². The van der Waals surface area contributed by atoms with Crippen LogP contribution in [0.4, 0.5) is 0 Å². The number of sulfonamides is 1. The second-order valence-electron chi connectivity index (χ2n) is 7.05. The highest BCUT2D eigenvalue weighted by Crippen LogP contribution is 2.22. The molecule has 3 heterocycles. The maximum atomic E-state index is 12.7. The van der Waals surface area contributed by atoms with Crippen LogP contribution in [0.15, 0.2) is 45.8 Å². The van der Waals surface area contributed by atoms with Gasteiger partial charge in [0.2, 0.25) is 10.0 Å². The van der Waals surface area contributed by atoms with Crippen molar-refractivity contribution in [3.63, 3.8) is 0 Å². The Morgan fingerprint density at radius 1 is 1.28 bits per heavy atom. The number of hydrogen-bond acceptors (Lipinski definition) is 6. The molecule has 0 saturated carbocycles.